The summed E-state index contributed by atoms with van der Waals surface area (Å²) in [4.78, 5) is 41.5. The topological polar surface area (TPSA) is 98.7 Å². The van der Waals surface area contributed by atoms with Crippen LogP contribution in [0.1, 0.15) is 18.1 Å². The smallest absolute Gasteiger partial charge is 0.250 e. The van der Waals surface area contributed by atoms with Crippen LogP contribution in [-0.4, -0.2) is 46.4 Å². The molecule has 0 bridgehead atoms. The molecule has 160 valence electrons. The minimum Gasteiger partial charge on any atom is -0.392 e. The Labute approximate surface area is 187 Å². The Morgan fingerprint density at radius 1 is 1.13 bits per heavy atom. The number of halogens is 1. The minimum atomic E-state index is -1.39. The second kappa shape index (κ2) is 7.25. The fourth-order valence-electron chi connectivity index (χ4n) is 5.28. The number of nitrogens with zero attached hydrogens (tertiary/aromatic N) is 1. The highest BCUT2D eigenvalue weighted by atomic mass is 79.9. The van der Waals surface area contributed by atoms with E-state index in [4.69, 9.17) is 0 Å². The van der Waals surface area contributed by atoms with Crippen molar-refractivity contribution in [2.75, 3.05) is 11.9 Å². The van der Waals surface area contributed by atoms with Gasteiger partial charge in [0.1, 0.15) is 5.54 Å². The molecule has 5 atom stereocenters. The van der Waals surface area contributed by atoms with Gasteiger partial charge in [0.25, 0.3) is 0 Å². The predicted molar refractivity (Wildman–Crippen MR) is 117 cm³/mol. The van der Waals surface area contributed by atoms with Gasteiger partial charge in [-0.3, -0.25) is 24.6 Å². The quantitative estimate of drug-likeness (QED) is 0.575. The van der Waals surface area contributed by atoms with Gasteiger partial charge in [0, 0.05) is 28.3 Å². The van der Waals surface area contributed by atoms with Crippen molar-refractivity contribution in [3.05, 3.63) is 64.1 Å². The second-order valence-electron chi connectivity index (χ2n) is 8.43. The highest BCUT2D eigenvalue weighted by Crippen LogP contribution is 2.53. The number of amides is 3. The maximum atomic E-state index is 13.6. The number of likely N-dealkylation sites (tertiary alicyclic amines) is 1. The van der Waals surface area contributed by atoms with Crippen LogP contribution in [0.4, 0.5) is 5.69 Å². The molecule has 5 rings (SSSR count). The molecule has 3 aliphatic rings. The van der Waals surface area contributed by atoms with E-state index in [1.165, 1.54) is 4.90 Å². The maximum absolute atomic E-state index is 13.6. The molecular formula is C23H22BrN3O4. The van der Waals surface area contributed by atoms with Gasteiger partial charge in [-0.25, -0.2) is 0 Å². The first-order chi connectivity index (χ1) is 14.8. The average Bonchev–Trinajstić information content (AvgIpc) is 3.33. The molecule has 2 fully saturated rings. The van der Waals surface area contributed by atoms with Gasteiger partial charge < -0.3 is 10.4 Å². The van der Waals surface area contributed by atoms with E-state index in [0.29, 0.717) is 17.7 Å². The number of aliphatic hydroxyl groups is 1. The van der Waals surface area contributed by atoms with Crippen molar-refractivity contribution < 1.29 is 19.5 Å². The molecule has 0 unspecified atom stereocenters. The Hall–Kier alpha value is -2.55. The first kappa shape index (κ1) is 20.4. The molecule has 31 heavy (non-hydrogen) atoms. The van der Waals surface area contributed by atoms with Crippen molar-refractivity contribution in [3.8, 4) is 0 Å². The average molecular weight is 484 g/mol. The Bertz CT molecular complexity index is 1090. The Morgan fingerprint density at radius 3 is 2.58 bits per heavy atom. The van der Waals surface area contributed by atoms with Gasteiger partial charge in [0.2, 0.25) is 17.7 Å². The van der Waals surface area contributed by atoms with Crippen molar-refractivity contribution >= 4 is 39.3 Å². The van der Waals surface area contributed by atoms with E-state index in [-0.39, 0.29) is 24.3 Å². The van der Waals surface area contributed by atoms with Crippen molar-refractivity contribution in [2.45, 2.75) is 31.0 Å². The van der Waals surface area contributed by atoms with Gasteiger partial charge >= 0.3 is 0 Å². The van der Waals surface area contributed by atoms with Gasteiger partial charge in [-0.15, -0.1) is 0 Å². The Kier molecular flexibility index (Phi) is 4.76. The largest absolute Gasteiger partial charge is 0.392 e. The van der Waals surface area contributed by atoms with Crippen molar-refractivity contribution in [1.82, 2.24) is 10.2 Å². The van der Waals surface area contributed by atoms with Crippen LogP contribution in [0.15, 0.2) is 53.0 Å². The fraction of sp³-hybridized carbons (Fsp3) is 0.348. The number of hydrogen-bond acceptors (Lipinski definition) is 5. The van der Waals surface area contributed by atoms with Gasteiger partial charge in [0.05, 0.1) is 17.9 Å². The summed E-state index contributed by atoms with van der Waals surface area (Å²) in [5.41, 5.74) is 0.859. The van der Waals surface area contributed by atoms with Crippen LogP contribution in [0, 0.1) is 11.8 Å². The molecule has 3 amide bonds. The van der Waals surface area contributed by atoms with E-state index < -0.39 is 29.5 Å². The summed E-state index contributed by atoms with van der Waals surface area (Å²) in [5, 5.41) is 16.5. The van der Waals surface area contributed by atoms with Crippen LogP contribution in [0.2, 0.25) is 0 Å². The van der Waals surface area contributed by atoms with Crippen LogP contribution in [0.3, 0.4) is 0 Å². The minimum absolute atomic E-state index is 0.240. The molecule has 3 heterocycles. The lowest BCUT2D eigenvalue weighted by atomic mass is 9.76. The molecule has 3 N–H and O–H groups in total. The summed E-state index contributed by atoms with van der Waals surface area (Å²) in [6, 6.07) is 14.3. The first-order valence-corrected chi connectivity index (χ1v) is 11.1. The third-order valence-corrected chi connectivity index (χ3v) is 7.18. The highest BCUT2D eigenvalue weighted by molar-refractivity contribution is 9.10. The number of imide groups is 1. The highest BCUT2D eigenvalue weighted by Gasteiger charge is 2.71. The van der Waals surface area contributed by atoms with Crippen LogP contribution < -0.4 is 10.6 Å². The second-order valence-corrected chi connectivity index (χ2v) is 9.35. The SMILES string of the molecule is C[C@H](O)[C@H]1N[C@@]2(C(=O)Nc3ccc(Br)cc32)[C@@H]2C(=O)N(CCc3ccccc3)C(=O)[C@H]12. The molecule has 8 heteroatoms. The molecule has 2 aromatic carbocycles. The molecule has 1 spiro atoms. The van der Waals surface area contributed by atoms with E-state index in [0.717, 1.165) is 10.0 Å². The van der Waals surface area contributed by atoms with Crippen molar-refractivity contribution in [1.29, 1.82) is 0 Å². The molecular weight excluding hydrogens is 462 g/mol. The van der Waals surface area contributed by atoms with E-state index in [1.807, 2.05) is 36.4 Å². The monoisotopic (exact) mass is 483 g/mol. The number of carbonyl (C=O) groups is 3. The maximum Gasteiger partial charge on any atom is 0.250 e. The summed E-state index contributed by atoms with van der Waals surface area (Å²) in [6.45, 7) is 1.82. The number of hydrogen-bond donors (Lipinski definition) is 3. The van der Waals surface area contributed by atoms with Crippen LogP contribution >= 0.6 is 15.9 Å². The molecule has 7 nitrogen and oxygen atoms in total. The lowest BCUT2D eigenvalue weighted by molar-refractivity contribution is -0.143. The molecule has 0 saturated carbocycles. The number of carbonyl (C=O) groups excluding carboxylic acids is 3. The summed E-state index contributed by atoms with van der Waals surface area (Å²) in [5.74, 6) is -2.79. The van der Waals surface area contributed by atoms with E-state index in [1.54, 1.807) is 19.1 Å². The third kappa shape index (κ3) is 2.89. The zero-order valence-electron chi connectivity index (χ0n) is 16.8. The zero-order valence-corrected chi connectivity index (χ0v) is 18.4. The lowest BCUT2D eigenvalue weighted by Gasteiger charge is -2.30. The van der Waals surface area contributed by atoms with Crippen LogP contribution in [0.25, 0.3) is 0 Å². The summed E-state index contributed by atoms with van der Waals surface area (Å²) < 4.78 is 0.763. The predicted octanol–water partition coefficient (Wildman–Crippen LogP) is 1.79. The number of anilines is 1. The molecule has 0 radical (unpaired) electrons. The third-order valence-electron chi connectivity index (χ3n) is 6.69. The Morgan fingerprint density at radius 2 is 1.87 bits per heavy atom. The standard InChI is InChI=1S/C23H22BrN3O4/c1-12(28)19-17-18(21(30)27(20(17)29)10-9-13-5-3-2-4-6-13)23(26-19)15-11-14(24)7-8-16(15)25-22(23)31/h2-8,11-12,17-19,26,28H,9-10H2,1H3,(H,25,31)/t12-,17-,18-,19+,23+/m0/s1. The zero-order chi connectivity index (χ0) is 21.9. The molecule has 3 aliphatic heterocycles. The summed E-state index contributed by atoms with van der Waals surface area (Å²) in [6.07, 6.45) is -0.381. The van der Waals surface area contributed by atoms with Crippen molar-refractivity contribution in [3.63, 3.8) is 0 Å². The van der Waals surface area contributed by atoms with Crippen LogP contribution in [0.5, 0.6) is 0 Å². The number of fused-ring (bicyclic) bond motifs is 4. The summed E-state index contributed by atoms with van der Waals surface area (Å²) >= 11 is 3.44. The van der Waals surface area contributed by atoms with E-state index in [9.17, 15) is 19.5 Å². The molecule has 2 saturated heterocycles. The van der Waals surface area contributed by atoms with Gasteiger partial charge in [0.15, 0.2) is 0 Å². The van der Waals surface area contributed by atoms with Crippen LogP contribution in [-0.2, 0) is 26.3 Å². The van der Waals surface area contributed by atoms with Gasteiger partial charge in [-0.2, -0.15) is 0 Å². The molecule has 0 aliphatic carbocycles. The Balaban J connectivity index is 1.55. The lowest BCUT2D eigenvalue weighted by Crippen LogP contribution is -2.55. The van der Waals surface area contributed by atoms with Gasteiger partial charge in [-0.1, -0.05) is 46.3 Å². The molecule has 2 aromatic rings. The summed E-state index contributed by atoms with van der Waals surface area (Å²) in [7, 11) is 0. The van der Waals surface area contributed by atoms with Gasteiger partial charge in [-0.05, 0) is 37.1 Å². The molecule has 0 aromatic heterocycles. The fourth-order valence-corrected chi connectivity index (χ4v) is 5.65. The van der Waals surface area contributed by atoms with E-state index in [2.05, 4.69) is 26.6 Å². The number of benzene rings is 2. The number of nitrogens with one attached hydrogen (secondary N) is 2. The van der Waals surface area contributed by atoms with E-state index >= 15 is 0 Å². The first-order valence-electron chi connectivity index (χ1n) is 10.3. The number of aliphatic hydroxyl groups excluding tert-OH is 1. The normalized spacial score (nSPS) is 30.0. The van der Waals surface area contributed by atoms with Crippen molar-refractivity contribution in [2.24, 2.45) is 11.8 Å². The number of rotatable bonds is 4.